The Morgan fingerprint density at radius 1 is 1.32 bits per heavy atom. The molecule has 0 aromatic carbocycles. The number of rotatable bonds is 6. The van der Waals surface area contributed by atoms with Crippen LogP contribution in [0.2, 0.25) is 0 Å². The van der Waals surface area contributed by atoms with Crippen molar-refractivity contribution in [1.82, 2.24) is 20.5 Å². The van der Waals surface area contributed by atoms with Gasteiger partial charge in [-0.05, 0) is 37.4 Å². The first-order valence-corrected chi connectivity index (χ1v) is 9.38. The van der Waals surface area contributed by atoms with Crippen LogP contribution in [0.4, 0.5) is 0 Å². The smallest absolute Gasteiger partial charge is 0.236 e. The van der Waals surface area contributed by atoms with Crippen molar-refractivity contribution in [3.8, 4) is 10.8 Å². The molecule has 2 aromatic heterocycles. The molecule has 2 N–H and O–H groups in total. The minimum absolute atomic E-state index is 0. The molecule has 0 unspecified atom stereocenters. The van der Waals surface area contributed by atoms with Crippen LogP contribution in [0.1, 0.15) is 25.0 Å². The number of thiophene rings is 1. The summed E-state index contributed by atoms with van der Waals surface area (Å²) in [6, 6.07) is 4.00. The number of oxazole rings is 1. The number of nitrogens with one attached hydrogen (secondary N) is 2. The van der Waals surface area contributed by atoms with Crippen molar-refractivity contribution in [2.24, 2.45) is 4.99 Å². The first-order valence-electron chi connectivity index (χ1n) is 8.50. The molecule has 0 aliphatic carbocycles. The van der Waals surface area contributed by atoms with E-state index in [4.69, 9.17) is 4.42 Å². The molecular weight excluding hydrogens is 449 g/mol. The molecule has 3 rings (SSSR count). The van der Waals surface area contributed by atoms with Crippen LogP contribution in [-0.2, 0) is 6.54 Å². The Bertz CT molecular complexity index is 637. The third-order valence-corrected chi connectivity index (χ3v) is 4.97. The van der Waals surface area contributed by atoms with Crippen LogP contribution in [0.25, 0.3) is 10.8 Å². The predicted molar refractivity (Wildman–Crippen MR) is 114 cm³/mol. The summed E-state index contributed by atoms with van der Waals surface area (Å²) in [5, 5.41) is 8.66. The average Bonchev–Trinajstić information content (AvgIpc) is 3.30. The van der Waals surface area contributed by atoms with Gasteiger partial charge in [0.15, 0.2) is 5.96 Å². The summed E-state index contributed by atoms with van der Waals surface area (Å²) in [6.07, 6.45) is 5.72. The van der Waals surface area contributed by atoms with Crippen molar-refractivity contribution in [3.05, 3.63) is 29.5 Å². The number of piperidine rings is 1. The van der Waals surface area contributed by atoms with Gasteiger partial charge >= 0.3 is 0 Å². The zero-order valence-corrected chi connectivity index (χ0v) is 17.7. The molecule has 0 radical (unpaired) electrons. The van der Waals surface area contributed by atoms with E-state index in [1.807, 2.05) is 17.5 Å². The highest BCUT2D eigenvalue weighted by atomic mass is 127. The van der Waals surface area contributed by atoms with Crippen molar-refractivity contribution in [2.75, 3.05) is 33.2 Å². The van der Waals surface area contributed by atoms with Crippen LogP contribution < -0.4 is 10.6 Å². The fourth-order valence-corrected chi connectivity index (χ4v) is 3.47. The first-order chi connectivity index (χ1) is 11.8. The second-order valence-corrected chi connectivity index (χ2v) is 6.82. The van der Waals surface area contributed by atoms with Crippen molar-refractivity contribution in [3.63, 3.8) is 0 Å². The lowest BCUT2D eigenvalue weighted by Gasteiger charge is -2.26. The van der Waals surface area contributed by atoms with E-state index in [-0.39, 0.29) is 24.0 Å². The van der Waals surface area contributed by atoms with E-state index < -0.39 is 0 Å². The molecule has 3 heterocycles. The number of halogens is 1. The van der Waals surface area contributed by atoms with Gasteiger partial charge in [-0.1, -0.05) is 12.5 Å². The Kier molecular flexibility index (Phi) is 8.70. The molecule has 138 valence electrons. The van der Waals surface area contributed by atoms with Gasteiger partial charge in [-0.3, -0.25) is 4.99 Å². The molecule has 0 bridgehead atoms. The number of guanidine groups is 1. The predicted octanol–water partition coefficient (Wildman–Crippen LogP) is 3.17. The number of hydrogen-bond acceptors (Lipinski definition) is 5. The molecular formula is C17H26IN5OS. The molecule has 1 fully saturated rings. The molecule has 0 amide bonds. The Labute approximate surface area is 170 Å². The topological polar surface area (TPSA) is 65.7 Å². The van der Waals surface area contributed by atoms with Crippen molar-refractivity contribution >= 4 is 41.3 Å². The largest absolute Gasteiger partial charge is 0.443 e. The van der Waals surface area contributed by atoms with E-state index in [0.717, 1.165) is 29.6 Å². The minimum Gasteiger partial charge on any atom is -0.443 e. The van der Waals surface area contributed by atoms with Crippen LogP contribution in [0.15, 0.2) is 33.2 Å². The van der Waals surface area contributed by atoms with Gasteiger partial charge in [-0.15, -0.1) is 35.3 Å². The standard InChI is InChI=1S/C17H25N5OS.HI/c1-18-17(19-7-10-22-8-3-2-4-9-22)20-12-14-13-23-16(21-14)15-6-5-11-24-15;/h5-6,11,13H,2-4,7-10,12H2,1H3,(H2,18,19,20);1H. The second kappa shape index (κ2) is 10.8. The third-order valence-electron chi connectivity index (χ3n) is 4.11. The van der Waals surface area contributed by atoms with Crippen LogP contribution in [0.5, 0.6) is 0 Å². The summed E-state index contributed by atoms with van der Waals surface area (Å²) in [7, 11) is 1.79. The molecule has 2 aromatic rings. The highest BCUT2D eigenvalue weighted by molar-refractivity contribution is 14.0. The lowest BCUT2D eigenvalue weighted by atomic mass is 10.1. The van der Waals surface area contributed by atoms with Gasteiger partial charge in [0, 0.05) is 20.1 Å². The van der Waals surface area contributed by atoms with Gasteiger partial charge in [-0.25, -0.2) is 4.98 Å². The summed E-state index contributed by atoms with van der Waals surface area (Å²) < 4.78 is 5.53. The number of likely N-dealkylation sites (tertiary alicyclic amines) is 1. The second-order valence-electron chi connectivity index (χ2n) is 5.88. The van der Waals surface area contributed by atoms with Crippen molar-refractivity contribution in [1.29, 1.82) is 0 Å². The zero-order chi connectivity index (χ0) is 16.6. The Hall–Kier alpha value is -1.13. The lowest BCUT2D eigenvalue weighted by molar-refractivity contribution is 0.232. The van der Waals surface area contributed by atoms with Gasteiger partial charge < -0.3 is 20.0 Å². The van der Waals surface area contributed by atoms with E-state index in [1.54, 1.807) is 24.6 Å². The molecule has 6 nitrogen and oxygen atoms in total. The van der Waals surface area contributed by atoms with E-state index in [1.165, 1.54) is 32.4 Å². The number of hydrogen-bond donors (Lipinski definition) is 2. The lowest BCUT2D eigenvalue weighted by Crippen LogP contribution is -2.42. The molecule has 1 aliphatic heterocycles. The van der Waals surface area contributed by atoms with Crippen LogP contribution in [-0.4, -0.2) is 49.1 Å². The molecule has 8 heteroatoms. The maximum absolute atomic E-state index is 5.53. The van der Waals surface area contributed by atoms with Gasteiger partial charge in [0.1, 0.15) is 6.26 Å². The Balaban J connectivity index is 0.00000225. The van der Waals surface area contributed by atoms with Crippen LogP contribution in [0, 0.1) is 0 Å². The summed E-state index contributed by atoms with van der Waals surface area (Å²) in [4.78, 5) is 12.3. The number of aromatic nitrogens is 1. The summed E-state index contributed by atoms with van der Waals surface area (Å²) in [6.45, 7) is 5.00. The van der Waals surface area contributed by atoms with E-state index in [9.17, 15) is 0 Å². The highest BCUT2D eigenvalue weighted by Gasteiger charge is 2.10. The van der Waals surface area contributed by atoms with E-state index in [2.05, 4.69) is 25.5 Å². The van der Waals surface area contributed by atoms with Crippen LogP contribution >= 0.6 is 35.3 Å². The van der Waals surface area contributed by atoms with Crippen LogP contribution in [0.3, 0.4) is 0 Å². The van der Waals surface area contributed by atoms with Gasteiger partial charge in [0.05, 0.1) is 17.1 Å². The normalized spacial score (nSPS) is 15.6. The van der Waals surface area contributed by atoms with Gasteiger partial charge in [-0.2, -0.15) is 0 Å². The summed E-state index contributed by atoms with van der Waals surface area (Å²) in [5.41, 5.74) is 0.873. The quantitative estimate of drug-likeness (QED) is 0.382. The molecule has 0 atom stereocenters. The molecule has 25 heavy (non-hydrogen) atoms. The molecule has 1 saturated heterocycles. The monoisotopic (exact) mass is 475 g/mol. The molecule has 1 aliphatic rings. The van der Waals surface area contributed by atoms with Gasteiger partial charge in [0.25, 0.3) is 0 Å². The van der Waals surface area contributed by atoms with Gasteiger partial charge in [0.2, 0.25) is 5.89 Å². The maximum atomic E-state index is 5.53. The number of aliphatic imine (C=N–C) groups is 1. The van der Waals surface area contributed by atoms with E-state index >= 15 is 0 Å². The highest BCUT2D eigenvalue weighted by Crippen LogP contribution is 2.23. The minimum atomic E-state index is 0. The van der Waals surface area contributed by atoms with E-state index in [0.29, 0.717) is 12.4 Å². The molecule has 0 spiro atoms. The Morgan fingerprint density at radius 2 is 2.16 bits per heavy atom. The zero-order valence-electron chi connectivity index (χ0n) is 14.5. The Morgan fingerprint density at radius 3 is 2.88 bits per heavy atom. The van der Waals surface area contributed by atoms with Crippen molar-refractivity contribution < 1.29 is 4.42 Å². The maximum Gasteiger partial charge on any atom is 0.236 e. The fraction of sp³-hybridized carbons (Fsp3) is 0.529. The molecule has 0 saturated carbocycles. The SMILES string of the molecule is CN=C(NCCN1CCCCC1)NCc1coc(-c2cccs2)n1.I. The first kappa shape index (κ1) is 20.2. The summed E-state index contributed by atoms with van der Waals surface area (Å²) in [5.74, 6) is 1.47. The average molecular weight is 475 g/mol. The van der Waals surface area contributed by atoms with Crippen molar-refractivity contribution in [2.45, 2.75) is 25.8 Å². The summed E-state index contributed by atoms with van der Waals surface area (Å²) >= 11 is 1.63. The third kappa shape index (κ3) is 6.27. The fourth-order valence-electron chi connectivity index (χ4n) is 2.81. The number of nitrogens with zero attached hydrogens (tertiary/aromatic N) is 3.